The number of nitrogens with zero attached hydrogens (tertiary/aromatic N) is 4. The molecule has 5 rings (SSSR count). The van der Waals surface area contributed by atoms with Gasteiger partial charge in [0.05, 0.1) is 16.1 Å². The molecule has 184 valence electrons. The highest BCUT2D eigenvalue weighted by Crippen LogP contribution is 2.51. The molecule has 35 heavy (non-hydrogen) atoms. The van der Waals surface area contributed by atoms with Crippen LogP contribution in [0.1, 0.15) is 30.0 Å². The Morgan fingerprint density at radius 3 is 2.57 bits per heavy atom. The summed E-state index contributed by atoms with van der Waals surface area (Å²) >= 11 is 7.53. The number of hydrogen-bond acceptors (Lipinski definition) is 10. The number of halogens is 1. The Morgan fingerprint density at radius 2 is 1.89 bits per heavy atom. The normalized spacial score (nSPS) is 19.2. The fraction of sp³-hybridized carbons (Fsp3) is 0.348. The summed E-state index contributed by atoms with van der Waals surface area (Å²) in [6, 6.07) is 6.90. The van der Waals surface area contributed by atoms with Gasteiger partial charge in [-0.25, -0.2) is 23.4 Å². The number of nitrogens with two attached hydrogens (primary N) is 3. The maximum atomic E-state index is 12.0. The fourth-order valence-corrected chi connectivity index (χ4v) is 6.65. The molecule has 0 unspecified atom stereocenters. The number of fused-ring (bicyclic) bond motifs is 1. The van der Waals surface area contributed by atoms with Crippen molar-refractivity contribution in [2.24, 2.45) is 11.1 Å². The minimum Gasteiger partial charge on any atom is -0.382 e. The Morgan fingerprint density at radius 1 is 1.14 bits per heavy atom. The summed E-state index contributed by atoms with van der Waals surface area (Å²) < 4.78 is 24.0. The monoisotopic (exact) mass is 531 g/mol. The number of rotatable bonds is 4. The molecule has 1 spiro atoms. The number of piperidine rings is 1. The Kier molecular flexibility index (Phi) is 6.07. The van der Waals surface area contributed by atoms with E-state index in [4.69, 9.17) is 28.8 Å². The largest absolute Gasteiger partial charge is 0.382 e. The highest BCUT2D eigenvalue weighted by molar-refractivity contribution is 7.99. The van der Waals surface area contributed by atoms with E-state index >= 15 is 0 Å². The van der Waals surface area contributed by atoms with Crippen molar-refractivity contribution < 1.29 is 8.42 Å². The molecule has 9 nitrogen and oxygen atoms in total. The van der Waals surface area contributed by atoms with Crippen molar-refractivity contribution >= 4 is 50.7 Å². The lowest BCUT2D eigenvalue weighted by molar-refractivity contribution is 0.187. The third-order valence-corrected chi connectivity index (χ3v) is 9.69. The molecule has 3 heterocycles. The van der Waals surface area contributed by atoms with Crippen LogP contribution in [0.4, 0.5) is 17.5 Å². The molecule has 2 aliphatic rings. The molecule has 2 aromatic heterocycles. The molecular formula is C23H26ClN7O2S2. The minimum absolute atomic E-state index is 0.0955. The number of pyridine rings is 1. The van der Waals surface area contributed by atoms with E-state index in [0.717, 1.165) is 43.5 Å². The molecule has 12 heteroatoms. The third-order valence-electron chi connectivity index (χ3n) is 7.00. The van der Waals surface area contributed by atoms with E-state index in [9.17, 15) is 8.42 Å². The maximum Gasteiger partial charge on any atom is 0.175 e. The van der Waals surface area contributed by atoms with Crippen LogP contribution in [0.3, 0.4) is 0 Å². The Bertz CT molecular complexity index is 1410. The standard InChI is InChI=1S/C23H26ClN7O2S2/c1-35(32,33)14-3-2-13-11-23(19(25)15(13)10-14)5-8-31(9-6-23)17-12-29-22(21(27)30-17)34-16-4-7-28-20(26)18(16)24/h2-4,7,10,12,19H,5-6,8-9,11,25H2,1H3,(H2,26,28)(H2,27,30)/t19-/m1/s1. The van der Waals surface area contributed by atoms with Crippen molar-refractivity contribution in [1.29, 1.82) is 0 Å². The first kappa shape index (κ1) is 24.1. The van der Waals surface area contributed by atoms with Gasteiger partial charge in [0.2, 0.25) is 0 Å². The molecule has 3 aromatic rings. The van der Waals surface area contributed by atoms with Crippen molar-refractivity contribution in [3.8, 4) is 0 Å². The summed E-state index contributed by atoms with van der Waals surface area (Å²) in [5.74, 6) is 1.28. The molecule has 0 radical (unpaired) electrons. The second-order valence-electron chi connectivity index (χ2n) is 9.17. The minimum atomic E-state index is -3.28. The topological polar surface area (TPSA) is 154 Å². The number of hydrogen-bond donors (Lipinski definition) is 3. The van der Waals surface area contributed by atoms with Gasteiger partial charge >= 0.3 is 0 Å². The predicted octanol–water partition coefficient (Wildman–Crippen LogP) is 3.09. The van der Waals surface area contributed by atoms with Crippen molar-refractivity contribution in [2.75, 3.05) is 35.7 Å². The molecule has 1 fully saturated rings. The molecule has 1 atom stereocenters. The van der Waals surface area contributed by atoms with Crippen LogP contribution in [0.2, 0.25) is 5.02 Å². The van der Waals surface area contributed by atoms with Crippen LogP contribution in [-0.4, -0.2) is 42.7 Å². The third kappa shape index (κ3) is 4.42. The number of anilines is 3. The summed E-state index contributed by atoms with van der Waals surface area (Å²) in [4.78, 5) is 16.3. The lowest BCUT2D eigenvalue weighted by atomic mass is 9.73. The lowest BCUT2D eigenvalue weighted by Gasteiger charge is -2.42. The van der Waals surface area contributed by atoms with E-state index in [1.165, 1.54) is 18.0 Å². The molecule has 0 bridgehead atoms. The van der Waals surface area contributed by atoms with E-state index in [-0.39, 0.29) is 17.3 Å². The average molecular weight is 532 g/mol. The zero-order chi connectivity index (χ0) is 25.0. The second-order valence-corrected chi connectivity index (χ2v) is 12.6. The molecule has 1 aliphatic heterocycles. The van der Waals surface area contributed by atoms with Crippen molar-refractivity contribution in [3.63, 3.8) is 0 Å². The maximum absolute atomic E-state index is 12.0. The van der Waals surface area contributed by atoms with E-state index in [1.807, 2.05) is 6.07 Å². The summed E-state index contributed by atoms with van der Waals surface area (Å²) in [5, 5.41) is 0.909. The highest BCUT2D eigenvalue weighted by atomic mass is 35.5. The predicted molar refractivity (Wildman–Crippen MR) is 138 cm³/mol. The van der Waals surface area contributed by atoms with E-state index in [2.05, 4.69) is 19.9 Å². The van der Waals surface area contributed by atoms with Gasteiger partial charge in [-0.3, -0.25) is 0 Å². The fourth-order valence-electron chi connectivity index (χ4n) is 4.98. The van der Waals surface area contributed by atoms with Crippen molar-refractivity contribution in [3.05, 3.63) is 52.8 Å². The first-order valence-corrected chi connectivity index (χ1v) is 14.2. The Labute approximate surface area is 213 Å². The van der Waals surface area contributed by atoms with E-state index < -0.39 is 9.84 Å². The number of aromatic nitrogens is 3. The van der Waals surface area contributed by atoms with Crippen LogP contribution in [0.5, 0.6) is 0 Å². The average Bonchev–Trinajstić information content (AvgIpc) is 3.08. The van der Waals surface area contributed by atoms with Gasteiger partial charge in [0.1, 0.15) is 16.7 Å². The van der Waals surface area contributed by atoms with Crippen LogP contribution in [0.15, 0.2) is 51.5 Å². The van der Waals surface area contributed by atoms with E-state index in [1.54, 1.807) is 30.6 Å². The van der Waals surface area contributed by atoms with Crippen LogP contribution in [-0.2, 0) is 16.3 Å². The van der Waals surface area contributed by atoms with Gasteiger partial charge in [-0.2, -0.15) is 0 Å². The molecular weight excluding hydrogens is 506 g/mol. The molecule has 1 saturated heterocycles. The number of nitrogen functional groups attached to an aromatic ring is 2. The summed E-state index contributed by atoms with van der Waals surface area (Å²) in [7, 11) is -3.28. The summed E-state index contributed by atoms with van der Waals surface area (Å²) in [6.45, 7) is 1.52. The van der Waals surface area contributed by atoms with Gasteiger partial charge in [0, 0.05) is 36.5 Å². The zero-order valence-corrected chi connectivity index (χ0v) is 21.5. The molecule has 0 saturated carbocycles. The molecule has 6 N–H and O–H groups in total. The van der Waals surface area contributed by atoms with Gasteiger partial charge in [0.25, 0.3) is 0 Å². The highest BCUT2D eigenvalue weighted by Gasteiger charge is 2.46. The smallest absolute Gasteiger partial charge is 0.175 e. The molecule has 1 aromatic carbocycles. The Hall–Kier alpha value is -2.60. The number of benzene rings is 1. The summed E-state index contributed by atoms with van der Waals surface area (Å²) in [6.07, 6.45) is 7.10. The first-order valence-electron chi connectivity index (χ1n) is 11.1. The summed E-state index contributed by atoms with van der Waals surface area (Å²) in [5.41, 5.74) is 20.7. The first-order chi connectivity index (χ1) is 16.6. The molecule has 1 aliphatic carbocycles. The van der Waals surface area contributed by atoms with Gasteiger partial charge in [-0.05, 0) is 54.0 Å². The van der Waals surface area contributed by atoms with Crippen LogP contribution in [0, 0.1) is 5.41 Å². The SMILES string of the molecule is CS(=O)(=O)c1ccc2c(c1)[C@@H](N)C1(CCN(c3cnc(Sc4ccnc(N)c4Cl)c(N)n3)CC1)C2. The van der Waals surface area contributed by atoms with Gasteiger partial charge in [-0.1, -0.05) is 29.4 Å². The van der Waals surface area contributed by atoms with Crippen molar-refractivity contribution in [1.82, 2.24) is 15.0 Å². The van der Waals surface area contributed by atoms with Crippen LogP contribution >= 0.6 is 23.4 Å². The van der Waals surface area contributed by atoms with Crippen molar-refractivity contribution in [2.45, 2.75) is 40.1 Å². The number of sulfone groups is 1. The quantitative estimate of drug-likeness (QED) is 0.457. The van der Waals surface area contributed by atoms with Gasteiger partial charge < -0.3 is 22.1 Å². The van der Waals surface area contributed by atoms with E-state index in [0.29, 0.717) is 31.5 Å². The Balaban J connectivity index is 1.30. The van der Waals surface area contributed by atoms with Gasteiger partial charge in [-0.15, -0.1) is 0 Å². The van der Waals surface area contributed by atoms with Crippen LogP contribution in [0.25, 0.3) is 0 Å². The molecule has 0 amide bonds. The van der Waals surface area contributed by atoms with Gasteiger partial charge in [0.15, 0.2) is 15.7 Å². The lowest BCUT2D eigenvalue weighted by Crippen LogP contribution is -2.44. The van der Waals surface area contributed by atoms with Crippen LogP contribution < -0.4 is 22.1 Å². The second kappa shape index (κ2) is 8.81. The zero-order valence-electron chi connectivity index (χ0n) is 19.1.